The van der Waals surface area contributed by atoms with Gasteiger partial charge in [0.2, 0.25) is 11.7 Å². The lowest BCUT2D eigenvalue weighted by Gasteiger charge is -2.27. The second kappa shape index (κ2) is 8.05. The van der Waals surface area contributed by atoms with Crippen molar-refractivity contribution in [3.05, 3.63) is 71.9 Å². The standard InChI is InChI=1S/C22H23N3O4/c1-22(27-2,16-6-4-3-5-7-16)21(26)23-17-10-12-18(13-11-17)28-14-19-24-20(29-25-19)15-8-9-15/h3-7,10-13,15H,8-9,14H2,1-2H3,(H,23,26)/t22-/m0/s1. The number of aromatic nitrogens is 2. The van der Waals surface area contributed by atoms with Crippen LogP contribution in [0.2, 0.25) is 0 Å². The van der Waals surface area contributed by atoms with Crippen LogP contribution in [-0.4, -0.2) is 23.2 Å². The molecule has 2 aromatic carbocycles. The number of ether oxygens (including phenoxy) is 2. The van der Waals surface area contributed by atoms with Crippen molar-refractivity contribution in [2.45, 2.75) is 37.9 Å². The molecule has 1 N–H and O–H groups in total. The maximum absolute atomic E-state index is 12.8. The Hall–Kier alpha value is -3.19. The van der Waals surface area contributed by atoms with Crippen molar-refractivity contribution in [1.82, 2.24) is 10.1 Å². The van der Waals surface area contributed by atoms with Gasteiger partial charge < -0.3 is 19.3 Å². The van der Waals surface area contributed by atoms with Crippen LogP contribution in [0.1, 0.15) is 43.0 Å². The molecular weight excluding hydrogens is 370 g/mol. The third-order valence-corrected chi connectivity index (χ3v) is 5.06. The van der Waals surface area contributed by atoms with E-state index in [1.165, 1.54) is 7.11 Å². The van der Waals surface area contributed by atoms with E-state index in [1.807, 2.05) is 30.3 Å². The monoisotopic (exact) mass is 393 g/mol. The molecule has 1 aromatic heterocycles. The quantitative estimate of drug-likeness (QED) is 0.622. The zero-order valence-corrected chi connectivity index (χ0v) is 16.4. The maximum Gasteiger partial charge on any atom is 0.260 e. The van der Waals surface area contributed by atoms with Gasteiger partial charge in [0.1, 0.15) is 5.75 Å². The Kier molecular flexibility index (Phi) is 5.31. The molecule has 4 rings (SSSR count). The molecule has 3 aromatic rings. The van der Waals surface area contributed by atoms with E-state index < -0.39 is 5.60 Å². The fraction of sp³-hybridized carbons (Fsp3) is 0.318. The van der Waals surface area contributed by atoms with Gasteiger partial charge in [0.15, 0.2) is 12.2 Å². The summed E-state index contributed by atoms with van der Waals surface area (Å²) in [6.45, 7) is 1.98. The van der Waals surface area contributed by atoms with Gasteiger partial charge >= 0.3 is 0 Å². The van der Waals surface area contributed by atoms with Crippen LogP contribution in [0, 0.1) is 0 Å². The molecule has 1 atom stereocenters. The zero-order chi connectivity index (χ0) is 20.3. The molecule has 7 heteroatoms. The number of nitrogens with zero attached hydrogens (tertiary/aromatic N) is 2. The average molecular weight is 393 g/mol. The topological polar surface area (TPSA) is 86.5 Å². The van der Waals surface area contributed by atoms with E-state index in [4.69, 9.17) is 14.0 Å². The largest absolute Gasteiger partial charge is 0.485 e. The molecule has 1 saturated carbocycles. The predicted octanol–water partition coefficient (Wildman–Crippen LogP) is 4.03. The van der Waals surface area contributed by atoms with Crippen LogP contribution in [0.15, 0.2) is 59.1 Å². The number of rotatable bonds is 8. The molecule has 1 amide bonds. The highest BCUT2D eigenvalue weighted by Crippen LogP contribution is 2.38. The highest BCUT2D eigenvalue weighted by molar-refractivity contribution is 5.97. The minimum atomic E-state index is -1.09. The van der Waals surface area contributed by atoms with E-state index in [-0.39, 0.29) is 12.5 Å². The molecule has 0 unspecified atom stereocenters. The summed E-state index contributed by atoms with van der Waals surface area (Å²) >= 11 is 0. The summed E-state index contributed by atoms with van der Waals surface area (Å²) in [5, 5.41) is 6.83. The van der Waals surface area contributed by atoms with Gasteiger partial charge in [-0.25, -0.2) is 0 Å². The van der Waals surface area contributed by atoms with Crippen LogP contribution in [0.25, 0.3) is 0 Å². The number of carbonyl (C=O) groups excluding carboxylic acids is 1. The van der Waals surface area contributed by atoms with Crippen LogP contribution in [0.5, 0.6) is 5.75 Å². The first-order valence-electron chi connectivity index (χ1n) is 9.56. The summed E-state index contributed by atoms with van der Waals surface area (Å²) < 4.78 is 16.5. The second-order valence-corrected chi connectivity index (χ2v) is 7.19. The number of anilines is 1. The smallest absolute Gasteiger partial charge is 0.260 e. The number of hydrogen-bond donors (Lipinski definition) is 1. The number of methoxy groups -OCH3 is 1. The van der Waals surface area contributed by atoms with Crippen molar-refractivity contribution in [2.75, 3.05) is 12.4 Å². The molecule has 1 fully saturated rings. The summed E-state index contributed by atoms with van der Waals surface area (Å²) in [4.78, 5) is 17.2. The Morgan fingerprint density at radius 2 is 1.90 bits per heavy atom. The van der Waals surface area contributed by atoms with Crippen molar-refractivity contribution in [3.63, 3.8) is 0 Å². The van der Waals surface area contributed by atoms with E-state index in [2.05, 4.69) is 15.5 Å². The summed E-state index contributed by atoms with van der Waals surface area (Å²) in [5.74, 6) is 2.05. The Balaban J connectivity index is 1.36. The van der Waals surface area contributed by atoms with E-state index in [1.54, 1.807) is 31.2 Å². The number of amides is 1. The molecule has 0 aliphatic heterocycles. The van der Waals surface area contributed by atoms with Gasteiger partial charge in [-0.05, 0) is 49.6 Å². The fourth-order valence-electron chi connectivity index (χ4n) is 2.95. The minimum absolute atomic E-state index is 0.234. The predicted molar refractivity (Wildman–Crippen MR) is 106 cm³/mol. The Morgan fingerprint density at radius 3 is 2.55 bits per heavy atom. The molecule has 1 aliphatic carbocycles. The summed E-state index contributed by atoms with van der Waals surface area (Å²) in [5.41, 5.74) is 0.344. The van der Waals surface area contributed by atoms with Gasteiger partial charge in [0.25, 0.3) is 5.91 Å². The summed E-state index contributed by atoms with van der Waals surface area (Å²) in [6, 6.07) is 16.5. The van der Waals surface area contributed by atoms with E-state index >= 15 is 0 Å². The Bertz CT molecular complexity index is 967. The van der Waals surface area contributed by atoms with Gasteiger partial charge in [0.05, 0.1) is 0 Å². The second-order valence-electron chi connectivity index (χ2n) is 7.19. The van der Waals surface area contributed by atoms with Crippen LogP contribution >= 0.6 is 0 Å². The van der Waals surface area contributed by atoms with E-state index in [0.29, 0.717) is 29.1 Å². The molecule has 7 nitrogen and oxygen atoms in total. The maximum atomic E-state index is 12.8. The minimum Gasteiger partial charge on any atom is -0.485 e. The average Bonchev–Trinajstić information content (AvgIpc) is 3.51. The molecule has 0 saturated heterocycles. The number of benzene rings is 2. The van der Waals surface area contributed by atoms with Crippen LogP contribution < -0.4 is 10.1 Å². The first kappa shape index (κ1) is 19.1. The zero-order valence-electron chi connectivity index (χ0n) is 16.4. The molecular formula is C22H23N3O4. The summed E-state index contributed by atoms with van der Waals surface area (Å²) in [6.07, 6.45) is 2.23. The molecule has 0 spiro atoms. The molecule has 150 valence electrons. The molecule has 29 heavy (non-hydrogen) atoms. The summed E-state index contributed by atoms with van der Waals surface area (Å²) in [7, 11) is 1.52. The van der Waals surface area contributed by atoms with Gasteiger partial charge in [-0.3, -0.25) is 4.79 Å². The highest BCUT2D eigenvalue weighted by Gasteiger charge is 2.35. The van der Waals surface area contributed by atoms with Gasteiger partial charge in [-0.1, -0.05) is 35.5 Å². The third-order valence-electron chi connectivity index (χ3n) is 5.06. The molecule has 0 bridgehead atoms. The molecule has 1 aliphatic rings. The lowest BCUT2D eigenvalue weighted by molar-refractivity contribution is -0.136. The first-order chi connectivity index (χ1) is 14.1. The normalized spacial score (nSPS) is 15.5. The first-order valence-corrected chi connectivity index (χ1v) is 9.56. The van der Waals surface area contributed by atoms with Crippen LogP contribution in [-0.2, 0) is 21.7 Å². The van der Waals surface area contributed by atoms with E-state index in [0.717, 1.165) is 18.4 Å². The van der Waals surface area contributed by atoms with Crippen molar-refractivity contribution in [2.24, 2.45) is 0 Å². The number of hydrogen-bond acceptors (Lipinski definition) is 6. The van der Waals surface area contributed by atoms with Gasteiger partial charge in [0, 0.05) is 18.7 Å². The number of carbonyl (C=O) groups is 1. The lowest BCUT2D eigenvalue weighted by Crippen LogP contribution is -2.39. The van der Waals surface area contributed by atoms with Crippen molar-refractivity contribution < 1.29 is 18.8 Å². The lowest BCUT2D eigenvalue weighted by atomic mass is 9.94. The Labute approximate surface area is 169 Å². The number of nitrogens with one attached hydrogen (secondary N) is 1. The SMILES string of the molecule is CO[C@](C)(C(=O)Nc1ccc(OCc2noc(C3CC3)n2)cc1)c1ccccc1. The third kappa shape index (κ3) is 4.30. The molecule has 1 heterocycles. The van der Waals surface area contributed by atoms with Gasteiger partial charge in [-0.15, -0.1) is 0 Å². The van der Waals surface area contributed by atoms with Crippen LogP contribution in [0.4, 0.5) is 5.69 Å². The van der Waals surface area contributed by atoms with Gasteiger partial charge in [-0.2, -0.15) is 4.98 Å². The van der Waals surface area contributed by atoms with Crippen molar-refractivity contribution in [1.29, 1.82) is 0 Å². The van der Waals surface area contributed by atoms with E-state index in [9.17, 15) is 4.79 Å². The highest BCUT2D eigenvalue weighted by atomic mass is 16.5. The van der Waals surface area contributed by atoms with Crippen molar-refractivity contribution >= 4 is 11.6 Å². The Morgan fingerprint density at radius 1 is 1.17 bits per heavy atom. The molecule has 0 radical (unpaired) electrons. The fourth-order valence-corrected chi connectivity index (χ4v) is 2.95. The van der Waals surface area contributed by atoms with Crippen molar-refractivity contribution in [3.8, 4) is 5.75 Å². The van der Waals surface area contributed by atoms with Crippen LogP contribution in [0.3, 0.4) is 0 Å².